The Labute approximate surface area is 172 Å². The monoisotopic (exact) mass is 398 g/mol. The van der Waals surface area contributed by atoms with Crippen molar-refractivity contribution in [2.24, 2.45) is 0 Å². The molecule has 148 valence electrons. The van der Waals surface area contributed by atoms with Gasteiger partial charge in [-0.05, 0) is 24.3 Å². The van der Waals surface area contributed by atoms with Crippen LogP contribution in [0.4, 0.5) is 5.69 Å². The van der Waals surface area contributed by atoms with Crippen LogP contribution in [-0.4, -0.2) is 18.0 Å². The highest BCUT2D eigenvalue weighted by atomic mass is 16.5. The smallest absolute Gasteiger partial charge is 0.230 e. The van der Waals surface area contributed by atoms with Gasteiger partial charge in [0.05, 0.1) is 24.9 Å². The maximum absolute atomic E-state index is 12.6. The molecule has 0 aliphatic carbocycles. The minimum absolute atomic E-state index is 0.0810. The molecule has 0 aliphatic rings. The largest absolute Gasteiger partial charge is 0.495 e. The fourth-order valence-corrected chi connectivity index (χ4v) is 3.48. The van der Waals surface area contributed by atoms with Gasteiger partial charge >= 0.3 is 0 Å². The van der Waals surface area contributed by atoms with Gasteiger partial charge < -0.3 is 18.9 Å². The van der Waals surface area contributed by atoms with Gasteiger partial charge in [0.1, 0.15) is 23.2 Å². The van der Waals surface area contributed by atoms with Gasteiger partial charge in [0.15, 0.2) is 0 Å². The van der Waals surface area contributed by atoms with E-state index in [0.29, 0.717) is 28.6 Å². The summed E-state index contributed by atoms with van der Waals surface area (Å²) in [5.74, 6) is 0.823. The molecule has 1 N–H and O–H groups in total. The van der Waals surface area contributed by atoms with Crippen molar-refractivity contribution in [2.45, 2.75) is 6.42 Å². The average molecular weight is 398 g/mol. The summed E-state index contributed by atoms with van der Waals surface area (Å²) in [4.78, 5) is 17.0. The molecule has 2 heterocycles. The van der Waals surface area contributed by atoms with E-state index in [4.69, 9.17) is 13.6 Å². The Kier molecular flexibility index (Phi) is 4.44. The number of hydrogen-bond acceptors (Lipinski definition) is 5. The molecule has 0 saturated carbocycles. The van der Waals surface area contributed by atoms with Crippen LogP contribution < -0.4 is 10.1 Å². The van der Waals surface area contributed by atoms with E-state index in [2.05, 4.69) is 10.3 Å². The highest BCUT2D eigenvalue weighted by molar-refractivity contribution is 6.07. The van der Waals surface area contributed by atoms with Crippen molar-refractivity contribution < 1.29 is 18.4 Å². The van der Waals surface area contributed by atoms with Gasteiger partial charge in [-0.15, -0.1) is 0 Å². The summed E-state index contributed by atoms with van der Waals surface area (Å²) >= 11 is 0. The number of aromatic nitrogens is 1. The third-order valence-corrected chi connectivity index (χ3v) is 4.89. The number of oxazole rings is 1. The van der Waals surface area contributed by atoms with E-state index in [1.54, 1.807) is 13.2 Å². The van der Waals surface area contributed by atoms with E-state index in [1.165, 1.54) is 6.26 Å². The number of fused-ring (bicyclic) bond motifs is 3. The lowest BCUT2D eigenvalue weighted by Gasteiger charge is -2.09. The normalized spacial score (nSPS) is 11.1. The van der Waals surface area contributed by atoms with Crippen molar-refractivity contribution >= 4 is 33.5 Å². The Morgan fingerprint density at radius 2 is 1.80 bits per heavy atom. The second kappa shape index (κ2) is 7.40. The number of rotatable bonds is 5. The van der Waals surface area contributed by atoms with Crippen LogP contribution >= 0.6 is 0 Å². The first kappa shape index (κ1) is 18.0. The lowest BCUT2D eigenvalue weighted by atomic mass is 10.1. The molecule has 0 bridgehead atoms. The van der Waals surface area contributed by atoms with Crippen molar-refractivity contribution in [2.75, 3.05) is 12.4 Å². The van der Waals surface area contributed by atoms with Crippen LogP contribution in [0.1, 0.15) is 5.69 Å². The zero-order valence-electron chi connectivity index (χ0n) is 16.2. The van der Waals surface area contributed by atoms with Crippen molar-refractivity contribution in [1.82, 2.24) is 4.98 Å². The first-order chi connectivity index (χ1) is 14.7. The van der Waals surface area contributed by atoms with Crippen molar-refractivity contribution in [3.05, 3.63) is 78.7 Å². The van der Waals surface area contributed by atoms with Gasteiger partial charge in [0.2, 0.25) is 11.8 Å². The number of ether oxygens (including phenoxy) is 1. The maximum Gasteiger partial charge on any atom is 0.230 e. The minimum Gasteiger partial charge on any atom is -0.495 e. The van der Waals surface area contributed by atoms with Gasteiger partial charge in [0, 0.05) is 22.4 Å². The van der Waals surface area contributed by atoms with Crippen LogP contribution in [0.2, 0.25) is 0 Å². The molecule has 0 fully saturated rings. The molecule has 0 spiro atoms. The van der Waals surface area contributed by atoms with Crippen molar-refractivity contribution in [1.29, 1.82) is 0 Å². The second-order valence-electron chi connectivity index (χ2n) is 6.88. The molecule has 0 aliphatic heterocycles. The highest BCUT2D eigenvalue weighted by Crippen LogP contribution is 2.36. The first-order valence-electron chi connectivity index (χ1n) is 9.50. The molecular formula is C24H18N2O4. The summed E-state index contributed by atoms with van der Waals surface area (Å²) in [6, 6.07) is 21.0. The molecule has 0 saturated heterocycles. The van der Waals surface area contributed by atoms with Gasteiger partial charge in [-0.2, -0.15) is 0 Å². The Balaban J connectivity index is 1.39. The number of methoxy groups -OCH3 is 1. The number of benzene rings is 3. The number of furan rings is 1. The zero-order valence-corrected chi connectivity index (χ0v) is 16.2. The Morgan fingerprint density at radius 3 is 2.63 bits per heavy atom. The molecule has 0 atom stereocenters. The third kappa shape index (κ3) is 3.28. The number of hydrogen-bond donors (Lipinski definition) is 1. The van der Waals surface area contributed by atoms with Crippen LogP contribution in [0.5, 0.6) is 5.75 Å². The Hall–Kier alpha value is -4.06. The molecule has 3 aromatic carbocycles. The van der Waals surface area contributed by atoms with Crippen LogP contribution in [-0.2, 0) is 11.2 Å². The Morgan fingerprint density at radius 1 is 1.00 bits per heavy atom. The number of nitrogens with zero attached hydrogens (tertiary/aromatic N) is 1. The molecule has 6 nitrogen and oxygen atoms in total. The zero-order chi connectivity index (χ0) is 20.5. The molecule has 30 heavy (non-hydrogen) atoms. The number of nitrogens with one attached hydrogen (secondary N) is 1. The summed E-state index contributed by atoms with van der Waals surface area (Å²) < 4.78 is 16.9. The van der Waals surface area contributed by atoms with Crippen LogP contribution in [0.15, 0.2) is 81.8 Å². The predicted molar refractivity (Wildman–Crippen MR) is 115 cm³/mol. The fourth-order valence-electron chi connectivity index (χ4n) is 3.48. The quantitative estimate of drug-likeness (QED) is 0.427. The van der Waals surface area contributed by atoms with E-state index in [-0.39, 0.29) is 12.3 Å². The molecule has 5 aromatic rings. The van der Waals surface area contributed by atoms with E-state index in [1.807, 2.05) is 60.7 Å². The Bertz CT molecular complexity index is 1350. The SMILES string of the molecule is COc1cc2c(cc1NC(=O)Cc1coc(-c3ccccc3)n1)oc1ccccc12. The molecule has 0 radical (unpaired) electrons. The summed E-state index contributed by atoms with van der Waals surface area (Å²) in [5.41, 5.74) is 3.42. The third-order valence-electron chi connectivity index (χ3n) is 4.89. The molecule has 2 aromatic heterocycles. The van der Waals surface area contributed by atoms with Gasteiger partial charge in [0.25, 0.3) is 0 Å². The van der Waals surface area contributed by atoms with Crippen molar-refractivity contribution in [3.8, 4) is 17.2 Å². The van der Waals surface area contributed by atoms with E-state index < -0.39 is 0 Å². The van der Waals surface area contributed by atoms with E-state index in [0.717, 1.165) is 21.9 Å². The number of carbonyl (C=O) groups is 1. The lowest BCUT2D eigenvalue weighted by molar-refractivity contribution is -0.115. The summed E-state index contributed by atoms with van der Waals surface area (Å²) in [6.45, 7) is 0. The van der Waals surface area contributed by atoms with Gasteiger partial charge in [-0.1, -0.05) is 36.4 Å². The summed E-state index contributed by atoms with van der Waals surface area (Å²) in [7, 11) is 1.57. The average Bonchev–Trinajstić information content (AvgIpc) is 3.37. The topological polar surface area (TPSA) is 77.5 Å². The van der Waals surface area contributed by atoms with Crippen LogP contribution in [0.3, 0.4) is 0 Å². The fraction of sp³-hybridized carbons (Fsp3) is 0.0833. The number of carbonyl (C=O) groups excluding carboxylic acids is 1. The molecule has 1 amide bonds. The predicted octanol–water partition coefficient (Wildman–Crippen LogP) is 5.43. The molecule has 0 unspecified atom stereocenters. The molecular weight excluding hydrogens is 380 g/mol. The van der Waals surface area contributed by atoms with E-state index in [9.17, 15) is 4.79 Å². The number of para-hydroxylation sites is 1. The van der Waals surface area contributed by atoms with Crippen molar-refractivity contribution in [3.63, 3.8) is 0 Å². The second-order valence-corrected chi connectivity index (χ2v) is 6.88. The molecule has 6 heteroatoms. The number of amides is 1. The highest BCUT2D eigenvalue weighted by Gasteiger charge is 2.16. The maximum atomic E-state index is 12.6. The lowest BCUT2D eigenvalue weighted by Crippen LogP contribution is -2.15. The summed E-state index contributed by atoms with van der Waals surface area (Å²) in [6.07, 6.45) is 1.58. The summed E-state index contributed by atoms with van der Waals surface area (Å²) in [5, 5.41) is 4.82. The number of anilines is 1. The molecule has 5 rings (SSSR count). The van der Waals surface area contributed by atoms with E-state index >= 15 is 0 Å². The minimum atomic E-state index is -0.225. The van der Waals surface area contributed by atoms with Gasteiger partial charge in [-0.25, -0.2) is 4.98 Å². The first-order valence-corrected chi connectivity index (χ1v) is 9.50. The van der Waals surface area contributed by atoms with Crippen LogP contribution in [0, 0.1) is 0 Å². The standard InChI is InChI=1S/C24H18N2O4/c1-28-22-12-18-17-9-5-6-10-20(17)30-21(18)13-19(22)26-23(27)11-16-14-29-24(25-16)15-7-3-2-4-8-15/h2-10,12-14H,11H2,1H3,(H,26,27). The van der Waals surface area contributed by atoms with Gasteiger partial charge in [-0.3, -0.25) is 4.79 Å². The van der Waals surface area contributed by atoms with Crippen LogP contribution in [0.25, 0.3) is 33.4 Å².